The van der Waals surface area contributed by atoms with Crippen molar-refractivity contribution >= 4 is 53.2 Å². The molecule has 0 heterocycles. The Labute approximate surface area is 462 Å². The van der Waals surface area contributed by atoms with Gasteiger partial charge in [0.1, 0.15) is 44.3 Å². The van der Waals surface area contributed by atoms with Crippen LogP contribution in [0.4, 0.5) is 11.4 Å². The van der Waals surface area contributed by atoms with E-state index in [-0.39, 0.29) is 77.2 Å². The van der Waals surface area contributed by atoms with Gasteiger partial charge in [-0.15, -0.1) is 0 Å². The van der Waals surface area contributed by atoms with Crippen LogP contribution in [-0.2, 0) is 41.9 Å². The number of fused-ring (bicyclic) bond motifs is 2. The Balaban J connectivity index is 0.939. The Bertz CT molecular complexity index is 4020. The molecule has 0 saturated heterocycles. The standard InChI is InChI=1S/C62H54N4O12S2/c1-59(2,45-31-47(53(69)33-51(45)67)61(5,6)37-19-23-39(24-20-37)77-79(73,74)55-13-9-11-43-41(55)27-29-49(65-63)57(43)71)35-15-17-36(18-16-35)60(3,4)46-32-48(54(70)34-52(46)68)62(7,8)38-21-25-40(26-22-38)78-80(75,76)56-14-10-12-44-42(56)28-30-50(66-64)58(44)72/h9-34H,1-8H3,(H4-2,67,68,69,70,71,72). The van der Waals surface area contributed by atoms with Crippen LogP contribution >= 0.6 is 0 Å². The molecule has 0 saturated carbocycles. The van der Waals surface area contributed by atoms with E-state index < -0.39 is 53.4 Å². The largest absolute Gasteiger partial charge is 0.867 e. The number of hydrogen-bond acceptors (Lipinski definition) is 14. The lowest BCUT2D eigenvalue weighted by atomic mass is 9.71. The molecule has 0 radical (unpaired) electrons. The summed E-state index contributed by atoms with van der Waals surface area (Å²) in [6, 6.07) is 39.9. The maximum atomic E-state index is 13.6. The Morgan fingerprint density at radius 3 is 0.938 bits per heavy atom. The predicted octanol–water partition coefficient (Wildman–Crippen LogP) is 12.8. The average Bonchev–Trinajstić information content (AvgIpc) is 3.43. The molecule has 0 unspecified atom stereocenters. The Morgan fingerprint density at radius 2 is 0.662 bits per heavy atom. The summed E-state index contributed by atoms with van der Waals surface area (Å²) in [5.41, 5.74) is 0.978. The van der Waals surface area contributed by atoms with Crippen molar-refractivity contribution in [2.45, 2.75) is 86.8 Å². The van der Waals surface area contributed by atoms with Crippen LogP contribution in [0.3, 0.4) is 0 Å². The van der Waals surface area contributed by atoms with E-state index in [1.54, 1.807) is 36.4 Å². The number of nitrogens with zero attached hydrogens (tertiary/aromatic N) is 4. The SMILES string of the molecule is CC(C)(c1ccc(OS(=O)(=O)c2cccc3c([O-])c([N+]#N)ccc23)cc1)c1cc(C(C)(C)c2ccc(C(C)(C)c3cc(C(C)(C)c4ccc(OS(=O)(=O)c5cccc6c([O-])c([N+]#N)ccc56)cc4)c(O)cc3O)cc2)c(O)cc1O. The number of hydrogen-bond donors (Lipinski definition) is 4. The van der Waals surface area contributed by atoms with Gasteiger partial charge in [0.25, 0.3) is 0 Å². The van der Waals surface area contributed by atoms with Crippen LogP contribution in [0.2, 0.25) is 0 Å². The van der Waals surface area contributed by atoms with Gasteiger partial charge in [-0.1, -0.05) is 128 Å². The van der Waals surface area contributed by atoms with E-state index in [1.807, 2.05) is 79.7 Å². The molecule has 0 bridgehead atoms. The van der Waals surface area contributed by atoms with E-state index in [4.69, 9.17) is 8.37 Å². The van der Waals surface area contributed by atoms with E-state index in [9.17, 15) is 58.3 Å². The number of diazo groups is 2. The quantitative estimate of drug-likeness (QED) is 0.0583. The Morgan fingerprint density at radius 1 is 0.388 bits per heavy atom. The number of aromatic hydroxyl groups is 4. The molecule has 80 heavy (non-hydrogen) atoms. The zero-order valence-corrected chi connectivity index (χ0v) is 46.3. The first-order valence-electron chi connectivity index (χ1n) is 25.0. The minimum Gasteiger partial charge on any atom is -0.867 e. The first-order chi connectivity index (χ1) is 37.5. The van der Waals surface area contributed by atoms with Crippen molar-refractivity contribution in [3.63, 3.8) is 0 Å². The summed E-state index contributed by atoms with van der Waals surface area (Å²) >= 11 is 0. The Kier molecular flexibility index (Phi) is 13.7. The number of rotatable bonds is 14. The fourth-order valence-corrected chi connectivity index (χ4v) is 12.7. The molecule has 4 N–H and O–H groups in total. The highest BCUT2D eigenvalue weighted by Gasteiger charge is 2.36. The third-order valence-corrected chi connectivity index (χ3v) is 18.1. The molecular formula is C62H54N4O12S2. The summed E-state index contributed by atoms with van der Waals surface area (Å²) in [5.74, 6) is -1.91. The van der Waals surface area contributed by atoms with Crippen LogP contribution in [0.25, 0.3) is 31.5 Å². The maximum absolute atomic E-state index is 13.6. The number of phenols is 4. The summed E-state index contributed by atoms with van der Waals surface area (Å²) in [5, 5.41) is 89.8. The van der Waals surface area contributed by atoms with E-state index in [2.05, 4.69) is 9.95 Å². The zero-order valence-electron chi connectivity index (χ0n) is 44.7. The lowest BCUT2D eigenvalue weighted by molar-refractivity contribution is -0.265. The molecule has 0 aliphatic carbocycles. The normalized spacial score (nSPS) is 12.5. The van der Waals surface area contributed by atoms with E-state index in [0.717, 1.165) is 11.1 Å². The molecule has 0 amide bonds. The van der Waals surface area contributed by atoms with E-state index in [1.165, 1.54) is 97.1 Å². The van der Waals surface area contributed by atoms with Crippen LogP contribution < -0.4 is 18.6 Å². The molecule has 9 aromatic carbocycles. The monoisotopic (exact) mass is 1110 g/mol. The molecule has 0 aliphatic rings. The second-order valence-corrected chi connectivity index (χ2v) is 24.7. The van der Waals surface area contributed by atoms with Crippen LogP contribution in [0.5, 0.6) is 46.0 Å². The van der Waals surface area contributed by atoms with Crippen LogP contribution in [0, 0.1) is 10.8 Å². The first-order valence-corrected chi connectivity index (χ1v) is 27.9. The van der Waals surface area contributed by atoms with Gasteiger partial charge in [0.15, 0.2) is 9.95 Å². The lowest BCUT2D eigenvalue weighted by Crippen LogP contribution is -2.25. The van der Waals surface area contributed by atoms with Gasteiger partial charge in [-0.25, -0.2) is 0 Å². The zero-order chi connectivity index (χ0) is 58.1. The van der Waals surface area contributed by atoms with Crippen LogP contribution in [0.15, 0.2) is 168 Å². The summed E-state index contributed by atoms with van der Waals surface area (Å²) in [7, 11) is -8.89. The van der Waals surface area contributed by atoms with Gasteiger partial charge in [-0.05, 0) is 105 Å². The summed E-state index contributed by atoms with van der Waals surface area (Å²) in [6.45, 7) is 15.3. The highest BCUT2D eigenvalue weighted by Crippen LogP contribution is 2.49. The van der Waals surface area contributed by atoms with Crippen molar-refractivity contribution in [1.29, 1.82) is 10.8 Å². The third-order valence-electron chi connectivity index (χ3n) is 15.5. The minimum absolute atomic E-state index is 0.00874. The highest BCUT2D eigenvalue weighted by molar-refractivity contribution is 7.87. The highest BCUT2D eigenvalue weighted by atomic mass is 32.2. The van der Waals surface area contributed by atoms with Crippen LogP contribution in [-0.4, -0.2) is 37.3 Å². The van der Waals surface area contributed by atoms with Gasteiger partial charge in [0.2, 0.25) is 10.8 Å². The fraction of sp³-hybridized carbons (Fsp3) is 0.194. The van der Waals surface area contributed by atoms with Gasteiger partial charge in [0.05, 0.1) is 0 Å². The molecule has 9 rings (SSSR count). The van der Waals surface area contributed by atoms with Gasteiger partial charge >= 0.3 is 31.6 Å². The minimum atomic E-state index is -4.45. The summed E-state index contributed by atoms with van der Waals surface area (Å²) < 4.78 is 65.3. The summed E-state index contributed by atoms with van der Waals surface area (Å²) in [6.07, 6.45) is 0. The number of benzene rings is 9. The van der Waals surface area contributed by atoms with Crippen molar-refractivity contribution < 1.29 is 55.8 Å². The van der Waals surface area contributed by atoms with Crippen molar-refractivity contribution in [2.75, 3.05) is 0 Å². The summed E-state index contributed by atoms with van der Waals surface area (Å²) in [4.78, 5) is 5.45. The topological polar surface area (TPSA) is 270 Å². The molecule has 18 heteroatoms. The van der Waals surface area contributed by atoms with Gasteiger partial charge in [-0.3, -0.25) is 0 Å². The third kappa shape index (κ3) is 9.62. The van der Waals surface area contributed by atoms with Gasteiger partial charge in [-0.2, -0.15) is 16.8 Å². The molecule has 0 spiro atoms. The van der Waals surface area contributed by atoms with Crippen LogP contribution in [0.1, 0.15) is 99.9 Å². The lowest BCUT2D eigenvalue weighted by Gasteiger charge is -2.33. The Hall–Kier alpha value is -9.36. The fourth-order valence-electron chi connectivity index (χ4n) is 10.5. The molecular weight excluding hydrogens is 1060 g/mol. The van der Waals surface area contributed by atoms with Gasteiger partial charge in [0, 0.05) is 79.0 Å². The van der Waals surface area contributed by atoms with E-state index >= 15 is 0 Å². The molecule has 406 valence electrons. The van der Waals surface area contributed by atoms with Crippen molar-refractivity contribution in [3.8, 4) is 46.0 Å². The molecule has 0 fully saturated rings. The first kappa shape index (κ1) is 55.4. The van der Waals surface area contributed by atoms with Crippen molar-refractivity contribution in [2.24, 2.45) is 0 Å². The molecule has 16 nitrogen and oxygen atoms in total. The van der Waals surface area contributed by atoms with Gasteiger partial charge < -0.3 is 39.0 Å². The maximum Gasteiger partial charge on any atom is 0.378 e. The molecule has 0 atom stereocenters. The second-order valence-electron chi connectivity index (χ2n) is 21.7. The smallest absolute Gasteiger partial charge is 0.378 e. The number of phenolic OH excluding ortho intramolecular Hbond substituents is 4. The molecule has 9 aromatic rings. The van der Waals surface area contributed by atoms with E-state index in [0.29, 0.717) is 33.4 Å². The average molecular weight is 1110 g/mol. The van der Waals surface area contributed by atoms with Crippen molar-refractivity contribution in [1.82, 2.24) is 0 Å². The predicted molar refractivity (Wildman–Crippen MR) is 299 cm³/mol. The second kappa shape index (κ2) is 19.8. The molecule has 0 aromatic heterocycles. The molecule has 0 aliphatic heterocycles. The van der Waals surface area contributed by atoms with Crippen molar-refractivity contribution in [3.05, 3.63) is 212 Å².